The Kier molecular flexibility index (Phi) is 5.37. The number of aryl methyl sites for hydroxylation is 2. The Morgan fingerprint density at radius 1 is 0.931 bits per heavy atom. The van der Waals surface area contributed by atoms with E-state index in [1.165, 1.54) is 5.56 Å². The number of piperazine rings is 1. The molecule has 1 aliphatic heterocycles. The summed E-state index contributed by atoms with van der Waals surface area (Å²) < 4.78 is 0. The summed E-state index contributed by atoms with van der Waals surface area (Å²) >= 11 is 0. The number of anilines is 3. The van der Waals surface area contributed by atoms with Crippen molar-refractivity contribution in [2.45, 2.75) is 13.8 Å². The van der Waals surface area contributed by atoms with Crippen molar-refractivity contribution in [1.29, 1.82) is 0 Å². The number of carbonyl (C=O) groups excluding carboxylic acids is 1. The lowest BCUT2D eigenvalue weighted by molar-refractivity contribution is 0.0740. The van der Waals surface area contributed by atoms with Gasteiger partial charge in [0.15, 0.2) is 0 Å². The van der Waals surface area contributed by atoms with E-state index in [2.05, 4.69) is 57.2 Å². The number of carbonyl (C=O) groups is 1. The molecule has 7 heteroatoms. The normalized spacial score (nSPS) is 14.0. The van der Waals surface area contributed by atoms with Crippen LogP contribution >= 0.6 is 0 Å². The maximum Gasteiger partial charge on any atom is 0.272 e. The Hall–Kier alpha value is -3.48. The van der Waals surface area contributed by atoms with Gasteiger partial charge in [-0.1, -0.05) is 12.1 Å². The Balaban J connectivity index is 1.43. The minimum absolute atomic E-state index is 0.0526. The van der Waals surface area contributed by atoms with E-state index in [0.717, 1.165) is 16.9 Å². The highest BCUT2D eigenvalue weighted by Gasteiger charge is 2.24. The number of pyridine rings is 1. The number of amides is 1. The number of nitrogens with one attached hydrogen (secondary N) is 1. The minimum Gasteiger partial charge on any atom is -0.355 e. The molecule has 0 spiro atoms. The molecule has 0 radical (unpaired) electrons. The summed E-state index contributed by atoms with van der Waals surface area (Å²) in [5.74, 6) is 0.653. The van der Waals surface area contributed by atoms with Gasteiger partial charge >= 0.3 is 0 Å². The lowest BCUT2D eigenvalue weighted by Gasteiger charge is -2.34. The van der Waals surface area contributed by atoms with Crippen LogP contribution in [0.5, 0.6) is 0 Å². The Bertz CT molecular complexity index is 999. The summed E-state index contributed by atoms with van der Waals surface area (Å²) in [6, 6.07) is 11.8. The molecule has 4 rings (SSSR count). The van der Waals surface area contributed by atoms with Crippen molar-refractivity contribution in [3.05, 3.63) is 71.8 Å². The highest BCUT2D eigenvalue weighted by molar-refractivity contribution is 5.93. The third-order valence-electron chi connectivity index (χ3n) is 5.05. The minimum atomic E-state index is -0.0526. The second kappa shape index (κ2) is 8.26. The highest BCUT2D eigenvalue weighted by atomic mass is 16.2. The van der Waals surface area contributed by atoms with Crippen LogP contribution in [-0.4, -0.2) is 51.9 Å². The first-order chi connectivity index (χ1) is 14.1. The fourth-order valence-electron chi connectivity index (χ4n) is 3.38. The second-order valence-corrected chi connectivity index (χ2v) is 7.20. The molecule has 1 fully saturated rings. The highest BCUT2D eigenvalue weighted by Crippen LogP contribution is 2.22. The first-order valence-corrected chi connectivity index (χ1v) is 9.72. The average molecular weight is 388 g/mol. The first-order valence-electron chi connectivity index (χ1n) is 9.72. The monoisotopic (exact) mass is 388 g/mol. The van der Waals surface area contributed by atoms with Gasteiger partial charge in [-0.05, 0) is 49.2 Å². The van der Waals surface area contributed by atoms with Crippen LogP contribution in [0.1, 0.15) is 21.6 Å². The number of hydrogen-bond donors (Lipinski definition) is 1. The maximum atomic E-state index is 13.0. The van der Waals surface area contributed by atoms with E-state index in [1.54, 1.807) is 24.7 Å². The fraction of sp³-hybridized carbons (Fsp3) is 0.273. The van der Waals surface area contributed by atoms with Crippen LogP contribution in [0.15, 0.2) is 55.0 Å². The van der Waals surface area contributed by atoms with Crippen molar-refractivity contribution in [2.24, 2.45) is 0 Å². The number of aromatic nitrogens is 3. The van der Waals surface area contributed by atoms with Gasteiger partial charge in [0, 0.05) is 56.1 Å². The third-order valence-corrected chi connectivity index (χ3v) is 5.05. The van der Waals surface area contributed by atoms with Gasteiger partial charge in [0.25, 0.3) is 5.91 Å². The van der Waals surface area contributed by atoms with Crippen molar-refractivity contribution in [2.75, 3.05) is 36.4 Å². The quantitative estimate of drug-likeness (QED) is 0.740. The van der Waals surface area contributed by atoms with Crippen LogP contribution in [0.4, 0.5) is 17.3 Å². The van der Waals surface area contributed by atoms with Gasteiger partial charge in [-0.25, -0.2) is 9.97 Å². The molecule has 1 aliphatic rings. The summed E-state index contributed by atoms with van der Waals surface area (Å²) in [6.07, 6.45) is 5.14. The zero-order valence-corrected chi connectivity index (χ0v) is 16.7. The standard InChI is InChI=1S/C22H24N6O/c1-16-4-5-17(2)19(14-16)26-18-6-9-23-20(15-18)21(29)27-10-12-28(13-11-27)22-24-7-3-8-25-22/h3-9,14-15H,10-13H2,1-2H3,(H,23,26). The summed E-state index contributed by atoms with van der Waals surface area (Å²) in [5, 5.41) is 3.40. The summed E-state index contributed by atoms with van der Waals surface area (Å²) in [4.78, 5) is 29.8. The molecule has 3 heterocycles. The molecular weight excluding hydrogens is 364 g/mol. The molecule has 0 bridgehead atoms. The second-order valence-electron chi connectivity index (χ2n) is 7.20. The van der Waals surface area contributed by atoms with E-state index in [4.69, 9.17) is 0 Å². The fourth-order valence-corrected chi connectivity index (χ4v) is 3.38. The molecule has 29 heavy (non-hydrogen) atoms. The number of nitrogens with zero attached hydrogens (tertiary/aromatic N) is 5. The molecule has 1 saturated heterocycles. The lowest BCUT2D eigenvalue weighted by Crippen LogP contribution is -2.49. The predicted octanol–water partition coefficient (Wildman–Crippen LogP) is 3.19. The zero-order valence-electron chi connectivity index (χ0n) is 16.7. The molecule has 1 aromatic carbocycles. The van der Waals surface area contributed by atoms with E-state index in [0.29, 0.717) is 37.8 Å². The molecule has 0 aliphatic carbocycles. The van der Waals surface area contributed by atoms with Gasteiger partial charge in [-0.2, -0.15) is 0 Å². The van der Waals surface area contributed by atoms with Crippen LogP contribution in [0.25, 0.3) is 0 Å². The molecule has 148 valence electrons. The van der Waals surface area contributed by atoms with Crippen molar-refractivity contribution >= 4 is 23.2 Å². The van der Waals surface area contributed by atoms with Crippen molar-refractivity contribution in [3.8, 4) is 0 Å². The van der Waals surface area contributed by atoms with Crippen LogP contribution in [0, 0.1) is 13.8 Å². The zero-order chi connectivity index (χ0) is 20.2. The lowest BCUT2D eigenvalue weighted by atomic mass is 10.1. The summed E-state index contributed by atoms with van der Waals surface area (Å²) in [6.45, 7) is 6.77. The molecule has 0 atom stereocenters. The van der Waals surface area contributed by atoms with Crippen LogP contribution in [-0.2, 0) is 0 Å². The topological polar surface area (TPSA) is 74.2 Å². The van der Waals surface area contributed by atoms with Crippen molar-refractivity contribution < 1.29 is 4.79 Å². The molecular formula is C22H24N6O. The molecule has 3 aromatic rings. The van der Waals surface area contributed by atoms with Crippen molar-refractivity contribution in [3.63, 3.8) is 0 Å². The van der Waals surface area contributed by atoms with Gasteiger partial charge in [-0.3, -0.25) is 9.78 Å². The van der Waals surface area contributed by atoms with E-state index in [1.807, 2.05) is 17.0 Å². The van der Waals surface area contributed by atoms with E-state index in [9.17, 15) is 4.79 Å². The van der Waals surface area contributed by atoms with Crippen LogP contribution in [0.2, 0.25) is 0 Å². The molecule has 0 saturated carbocycles. The molecule has 0 unspecified atom stereocenters. The van der Waals surface area contributed by atoms with Crippen LogP contribution in [0.3, 0.4) is 0 Å². The Morgan fingerprint density at radius 3 is 2.45 bits per heavy atom. The van der Waals surface area contributed by atoms with Crippen molar-refractivity contribution in [1.82, 2.24) is 19.9 Å². The number of hydrogen-bond acceptors (Lipinski definition) is 6. The SMILES string of the molecule is Cc1ccc(C)c(Nc2ccnc(C(=O)N3CCN(c4ncccn4)CC3)c2)c1. The third kappa shape index (κ3) is 4.34. The molecule has 7 nitrogen and oxygen atoms in total. The van der Waals surface area contributed by atoms with Gasteiger partial charge in [0.1, 0.15) is 5.69 Å². The average Bonchev–Trinajstić information content (AvgIpc) is 2.77. The predicted molar refractivity (Wildman–Crippen MR) is 114 cm³/mol. The maximum absolute atomic E-state index is 13.0. The van der Waals surface area contributed by atoms with Gasteiger partial charge in [0.2, 0.25) is 5.95 Å². The Labute approximate surface area is 170 Å². The first kappa shape index (κ1) is 18.9. The van der Waals surface area contributed by atoms with E-state index in [-0.39, 0.29) is 5.91 Å². The molecule has 1 amide bonds. The largest absolute Gasteiger partial charge is 0.355 e. The van der Waals surface area contributed by atoms with Gasteiger partial charge < -0.3 is 15.1 Å². The number of benzene rings is 1. The number of rotatable bonds is 4. The molecule has 2 aromatic heterocycles. The van der Waals surface area contributed by atoms with E-state index < -0.39 is 0 Å². The van der Waals surface area contributed by atoms with E-state index >= 15 is 0 Å². The summed E-state index contributed by atoms with van der Waals surface area (Å²) in [7, 11) is 0. The molecule has 1 N–H and O–H groups in total. The Morgan fingerprint density at radius 2 is 1.69 bits per heavy atom. The van der Waals surface area contributed by atoms with Gasteiger partial charge in [0.05, 0.1) is 0 Å². The smallest absolute Gasteiger partial charge is 0.272 e. The van der Waals surface area contributed by atoms with Crippen LogP contribution < -0.4 is 10.2 Å². The summed E-state index contributed by atoms with van der Waals surface area (Å²) in [5.41, 5.74) is 4.67. The van der Waals surface area contributed by atoms with Gasteiger partial charge in [-0.15, -0.1) is 0 Å².